The number of nitrogens with zero attached hydrogens (tertiary/aromatic N) is 2. The molecule has 0 N–H and O–H groups in total. The van der Waals surface area contributed by atoms with Gasteiger partial charge in [-0.15, -0.1) is 21.5 Å². The van der Waals surface area contributed by atoms with E-state index in [0.717, 1.165) is 8.68 Å². The van der Waals surface area contributed by atoms with Crippen molar-refractivity contribution in [2.24, 2.45) is 0 Å². The Morgan fingerprint density at radius 2 is 2.06 bits per heavy atom. The highest BCUT2D eigenvalue weighted by molar-refractivity contribution is 8.03. The van der Waals surface area contributed by atoms with Crippen LogP contribution in [0.1, 0.15) is 16.6 Å². The van der Waals surface area contributed by atoms with E-state index in [0.29, 0.717) is 9.21 Å². The van der Waals surface area contributed by atoms with Gasteiger partial charge >= 0.3 is 0 Å². The van der Waals surface area contributed by atoms with Crippen LogP contribution in [0.3, 0.4) is 0 Å². The molecule has 18 heavy (non-hydrogen) atoms. The molecule has 0 fully saturated rings. The first-order chi connectivity index (χ1) is 8.60. The molecule has 8 heteroatoms. The predicted molar refractivity (Wildman–Crippen MR) is 80.7 cm³/mol. The summed E-state index contributed by atoms with van der Waals surface area (Å²) < 4.78 is 2.37. The predicted octanol–water partition coefficient (Wildman–Crippen LogP) is 4.34. The molecule has 2 aromatic heterocycles. The van der Waals surface area contributed by atoms with Crippen molar-refractivity contribution < 1.29 is 4.79 Å². The third kappa shape index (κ3) is 3.48. The normalized spacial score (nSPS) is 12.6. The first-order valence-corrected chi connectivity index (χ1v) is 9.05. The molecule has 0 saturated heterocycles. The minimum absolute atomic E-state index is 0.0813. The van der Waals surface area contributed by atoms with E-state index in [1.807, 2.05) is 13.2 Å². The summed E-state index contributed by atoms with van der Waals surface area (Å²) in [4.78, 5) is 12.8. The Bertz CT molecular complexity index is 554. The first kappa shape index (κ1) is 14.3. The summed E-state index contributed by atoms with van der Waals surface area (Å²) in [6.07, 6.45) is 1.96. The Morgan fingerprint density at radius 3 is 2.61 bits per heavy atom. The number of hydrogen-bond acceptors (Lipinski definition) is 7. The first-order valence-electron chi connectivity index (χ1n) is 4.94. The molecule has 2 aromatic rings. The lowest BCUT2D eigenvalue weighted by Gasteiger charge is -2.05. The molecule has 0 aromatic carbocycles. The molecule has 0 bridgehead atoms. The lowest BCUT2D eigenvalue weighted by Crippen LogP contribution is -2.11. The number of thiophene rings is 1. The van der Waals surface area contributed by atoms with Crippen molar-refractivity contribution in [3.63, 3.8) is 0 Å². The largest absolute Gasteiger partial charge is 0.292 e. The van der Waals surface area contributed by atoms with Gasteiger partial charge in [-0.3, -0.25) is 4.79 Å². The van der Waals surface area contributed by atoms with Gasteiger partial charge in [0.25, 0.3) is 0 Å². The third-order valence-corrected chi connectivity index (χ3v) is 6.35. The number of aromatic nitrogens is 2. The van der Waals surface area contributed by atoms with Crippen molar-refractivity contribution in [2.45, 2.75) is 20.9 Å². The van der Waals surface area contributed by atoms with Crippen LogP contribution in [-0.2, 0) is 0 Å². The number of carbonyl (C=O) groups is 1. The second-order valence-corrected chi connectivity index (χ2v) is 8.60. The van der Waals surface area contributed by atoms with E-state index in [1.54, 1.807) is 23.9 Å². The van der Waals surface area contributed by atoms with E-state index in [4.69, 9.17) is 11.6 Å². The van der Waals surface area contributed by atoms with Gasteiger partial charge < -0.3 is 0 Å². The topological polar surface area (TPSA) is 42.9 Å². The molecule has 0 aliphatic rings. The molecule has 2 rings (SSSR count). The molecule has 0 aliphatic carbocycles. The van der Waals surface area contributed by atoms with Gasteiger partial charge in [0.2, 0.25) is 0 Å². The van der Waals surface area contributed by atoms with Gasteiger partial charge in [-0.05, 0) is 25.3 Å². The highest BCUT2D eigenvalue weighted by atomic mass is 35.5. The van der Waals surface area contributed by atoms with Crippen molar-refractivity contribution in [1.29, 1.82) is 0 Å². The van der Waals surface area contributed by atoms with Crippen LogP contribution in [0.4, 0.5) is 0 Å². The summed E-state index contributed by atoms with van der Waals surface area (Å²) in [5, 5.41) is 7.87. The fraction of sp³-hybridized carbons (Fsp3) is 0.300. The number of Topliss-reactive ketones (excluding diaryl/α,β-unsaturated/α-hetero) is 1. The van der Waals surface area contributed by atoms with Crippen LogP contribution in [0.2, 0.25) is 4.34 Å². The van der Waals surface area contributed by atoms with Gasteiger partial charge in [-0.2, -0.15) is 0 Å². The third-order valence-electron chi connectivity index (χ3n) is 2.03. The molecule has 0 amide bonds. The van der Waals surface area contributed by atoms with Crippen molar-refractivity contribution >= 4 is 63.6 Å². The molecule has 3 nitrogen and oxygen atoms in total. The van der Waals surface area contributed by atoms with Crippen LogP contribution < -0.4 is 0 Å². The number of rotatable bonds is 5. The van der Waals surface area contributed by atoms with Crippen molar-refractivity contribution in [3.8, 4) is 0 Å². The molecule has 0 spiro atoms. The summed E-state index contributed by atoms with van der Waals surface area (Å²) in [7, 11) is 0. The van der Waals surface area contributed by atoms with Gasteiger partial charge in [0.1, 0.15) is 0 Å². The fourth-order valence-electron chi connectivity index (χ4n) is 1.18. The van der Waals surface area contributed by atoms with Crippen LogP contribution in [-0.4, -0.2) is 27.5 Å². The molecular weight excluding hydrogens is 328 g/mol. The zero-order valence-corrected chi connectivity index (χ0v) is 13.6. The monoisotopic (exact) mass is 336 g/mol. The summed E-state index contributed by atoms with van der Waals surface area (Å²) in [6, 6.07) is 3.51. The molecule has 0 radical (unpaired) electrons. The summed E-state index contributed by atoms with van der Waals surface area (Å²) in [6.45, 7) is 1.88. The van der Waals surface area contributed by atoms with Gasteiger partial charge in [0, 0.05) is 0 Å². The van der Waals surface area contributed by atoms with Gasteiger partial charge in [-0.1, -0.05) is 46.5 Å². The molecule has 0 aliphatic heterocycles. The second kappa shape index (κ2) is 6.38. The van der Waals surface area contributed by atoms with Crippen LogP contribution >= 0.6 is 57.8 Å². The van der Waals surface area contributed by atoms with Crippen LogP contribution in [0.25, 0.3) is 0 Å². The number of carbonyl (C=O) groups excluding carboxylic acids is 1. The zero-order valence-electron chi connectivity index (χ0n) is 9.55. The van der Waals surface area contributed by atoms with Crippen molar-refractivity contribution in [1.82, 2.24) is 10.2 Å². The van der Waals surface area contributed by atoms with Gasteiger partial charge in [0.05, 0.1) is 14.5 Å². The Morgan fingerprint density at radius 1 is 1.33 bits per heavy atom. The highest BCUT2D eigenvalue weighted by Gasteiger charge is 2.20. The minimum Gasteiger partial charge on any atom is -0.292 e. The molecule has 0 saturated carbocycles. The highest BCUT2D eigenvalue weighted by Crippen LogP contribution is 2.32. The summed E-state index contributed by atoms with van der Waals surface area (Å²) in [5.74, 6) is 0.0813. The smallest absolute Gasteiger partial charge is 0.185 e. The Balaban J connectivity index is 2.03. The standard InChI is InChI=1S/C10H9ClN2OS4/c1-5(8(14)6-3-4-7(11)17-6)16-10-13-12-9(15-2)18-10/h3-5H,1-2H3. The average Bonchev–Trinajstić information content (AvgIpc) is 2.97. The van der Waals surface area contributed by atoms with Crippen molar-refractivity contribution in [3.05, 3.63) is 21.3 Å². The molecular formula is C10H9ClN2OS4. The van der Waals surface area contributed by atoms with E-state index < -0.39 is 0 Å². The Hall–Kier alpha value is -0.0800. The number of ketones is 1. The van der Waals surface area contributed by atoms with Crippen LogP contribution in [0.15, 0.2) is 20.8 Å². The summed E-state index contributed by atoms with van der Waals surface area (Å²) in [5.41, 5.74) is 0. The fourth-order valence-corrected chi connectivity index (χ4v) is 4.98. The van der Waals surface area contributed by atoms with E-state index >= 15 is 0 Å². The van der Waals surface area contributed by atoms with Gasteiger partial charge in [0.15, 0.2) is 14.5 Å². The molecule has 2 heterocycles. The van der Waals surface area contributed by atoms with Gasteiger partial charge in [-0.25, -0.2) is 0 Å². The van der Waals surface area contributed by atoms with E-state index in [2.05, 4.69) is 10.2 Å². The average molecular weight is 337 g/mol. The minimum atomic E-state index is -0.178. The Kier molecular flexibility index (Phi) is 5.08. The zero-order chi connectivity index (χ0) is 13.1. The van der Waals surface area contributed by atoms with Crippen molar-refractivity contribution in [2.75, 3.05) is 6.26 Å². The second-order valence-electron chi connectivity index (χ2n) is 3.27. The number of hydrogen-bond donors (Lipinski definition) is 0. The van der Waals surface area contributed by atoms with E-state index in [9.17, 15) is 4.79 Å². The quantitative estimate of drug-likeness (QED) is 0.600. The van der Waals surface area contributed by atoms with E-state index in [1.165, 1.54) is 34.4 Å². The maximum Gasteiger partial charge on any atom is 0.185 e. The lowest BCUT2D eigenvalue weighted by atomic mass is 10.2. The Labute approximate surface area is 126 Å². The van der Waals surface area contributed by atoms with Crippen LogP contribution in [0, 0.1) is 0 Å². The summed E-state index contributed by atoms with van der Waals surface area (Å²) >= 11 is 11.6. The molecule has 1 atom stereocenters. The number of thioether (sulfide) groups is 2. The number of halogens is 1. The van der Waals surface area contributed by atoms with E-state index in [-0.39, 0.29) is 11.0 Å². The molecule has 96 valence electrons. The lowest BCUT2D eigenvalue weighted by molar-refractivity contribution is 0.0998. The maximum absolute atomic E-state index is 12.1. The van der Waals surface area contributed by atoms with Crippen LogP contribution in [0.5, 0.6) is 0 Å². The molecule has 1 unspecified atom stereocenters. The maximum atomic E-state index is 12.1. The SMILES string of the molecule is CSc1nnc(SC(C)C(=O)c2ccc(Cl)s2)s1.